The second-order valence-electron chi connectivity index (χ2n) is 7.51. The number of allylic oxidation sites excluding steroid dienone is 4. The predicted octanol–water partition coefficient (Wildman–Crippen LogP) is 6.60. The van der Waals surface area contributed by atoms with Gasteiger partial charge in [0.25, 0.3) is 0 Å². The van der Waals surface area contributed by atoms with E-state index in [9.17, 15) is 4.57 Å². The molecule has 0 aromatic carbocycles. The van der Waals surface area contributed by atoms with Gasteiger partial charge < -0.3 is 13.8 Å². The van der Waals surface area contributed by atoms with Crippen LogP contribution in [-0.2, 0) is 18.4 Å². The van der Waals surface area contributed by atoms with Crippen LogP contribution in [0.1, 0.15) is 55.4 Å². The van der Waals surface area contributed by atoms with Crippen LogP contribution < -0.4 is 0 Å². The molecule has 1 heterocycles. The van der Waals surface area contributed by atoms with Gasteiger partial charge in [-0.15, -0.1) is 13.2 Å². The molecule has 1 fully saturated rings. The van der Waals surface area contributed by atoms with Crippen molar-refractivity contribution in [2.75, 3.05) is 20.4 Å². The van der Waals surface area contributed by atoms with E-state index in [1.165, 1.54) is 18.3 Å². The van der Waals surface area contributed by atoms with Crippen molar-refractivity contribution in [3.63, 3.8) is 0 Å². The van der Waals surface area contributed by atoms with Gasteiger partial charge in [0, 0.05) is 20.4 Å². The van der Waals surface area contributed by atoms with Crippen molar-refractivity contribution < 1.29 is 18.4 Å². The Labute approximate surface area is 163 Å². The van der Waals surface area contributed by atoms with Gasteiger partial charge in [-0.25, -0.2) is 0 Å². The SMILES string of the molecule is C/C=C(/C)C=C(C)C.C=C.CB1OC(C)(C)C(C)(C)O1.COP(C)(C)=O. The summed E-state index contributed by atoms with van der Waals surface area (Å²) in [7, 11) is -0.766. The van der Waals surface area contributed by atoms with E-state index in [-0.39, 0.29) is 18.3 Å². The lowest BCUT2D eigenvalue weighted by molar-refractivity contribution is 0.00578. The van der Waals surface area contributed by atoms with Crippen molar-refractivity contribution >= 4 is 14.5 Å². The Balaban J connectivity index is -0.000000300. The minimum absolute atomic E-state index is 0.0648. The van der Waals surface area contributed by atoms with Crippen molar-refractivity contribution in [2.24, 2.45) is 0 Å². The van der Waals surface area contributed by atoms with Gasteiger partial charge >= 0.3 is 7.12 Å². The Morgan fingerprint density at radius 3 is 1.42 bits per heavy atom. The van der Waals surface area contributed by atoms with Crippen LogP contribution in [0.3, 0.4) is 0 Å². The van der Waals surface area contributed by atoms with Gasteiger partial charge in [-0.05, 0) is 62.2 Å². The number of hydrogen-bond acceptors (Lipinski definition) is 4. The highest BCUT2D eigenvalue weighted by molar-refractivity contribution is 7.57. The summed E-state index contributed by atoms with van der Waals surface area (Å²) in [5.74, 6) is 0. The average molecular weight is 388 g/mol. The van der Waals surface area contributed by atoms with Crippen molar-refractivity contribution in [1.82, 2.24) is 0 Å². The first-order chi connectivity index (χ1) is 11.6. The van der Waals surface area contributed by atoms with Crippen LogP contribution in [0.15, 0.2) is 36.5 Å². The molecule has 1 saturated heterocycles. The first-order valence-electron chi connectivity index (χ1n) is 8.82. The van der Waals surface area contributed by atoms with E-state index in [2.05, 4.69) is 85.2 Å². The molecular formula is C20H42BO4P. The highest BCUT2D eigenvalue weighted by Crippen LogP contribution is 2.36. The minimum atomic E-state index is -2.15. The Bertz CT molecular complexity index is 470. The van der Waals surface area contributed by atoms with Gasteiger partial charge in [0.2, 0.25) is 0 Å². The summed E-state index contributed by atoms with van der Waals surface area (Å²) < 4.78 is 25.9. The zero-order chi connectivity index (χ0) is 21.8. The summed E-state index contributed by atoms with van der Waals surface area (Å²) in [6, 6.07) is 0. The van der Waals surface area contributed by atoms with E-state index in [0.717, 1.165) is 0 Å². The summed E-state index contributed by atoms with van der Waals surface area (Å²) in [4.78, 5) is 0. The molecular weight excluding hydrogens is 346 g/mol. The zero-order valence-corrected chi connectivity index (χ0v) is 20.1. The van der Waals surface area contributed by atoms with Crippen LogP contribution in [0.25, 0.3) is 0 Å². The van der Waals surface area contributed by atoms with Crippen LogP contribution in [0.4, 0.5) is 0 Å². The molecule has 6 heteroatoms. The monoisotopic (exact) mass is 388 g/mol. The smallest absolute Gasteiger partial charge is 0.403 e. The van der Waals surface area contributed by atoms with Gasteiger partial charge in [0.15, 0.2) is 7.37 Å². The van der Waals surface area contributed by atoms with Crippen LogP contribution >= 0.6 is 7.37 Å². The molecule has 26 heavy (non-hydrogen) atoms. The molecule has 0 unspecified atom stereocenters. The molecule has 0 aromatic rings. The molecule has 154 valence electrons. The molecule has 0 bridgehead atoms. The Morgan fingerprint density at radius 2 is 1.35 bits per heavy atom. The molecule has 0 atom stereocenters. The standard InChI is InChI=1S/C8H14.C7H15BO2.C3H9O2P.C2H4/c1-5-8(4)6-7(2)3;1-6(2)7(3,4)10-8(5)9-6;1-5-6(2,3)4;1-2/h5-6H,1-4H3;1-5H3;1-3H3;1-2H2/b8-5-;;;. The summed E-state index contributed by atoms with van der Waals surface area (Å²) in [5, 5.41) is 0. The van der Waals surface area contributed by atoms with E-state index in [4.69, 9.17) is 9.31 Å². The number of rotatable bonds is 2. The molecule has 0 spiro atoms. The lowest BCUT2D eigenvalue weighted by atomic mass is 9.90. The van der Waals surface area contributed by atoms with Gasteiger partial charge in [0.1, 0.15) is 0 Å². The lowest BCUT2D eigenvalue weighted by Gasteiger charge is -2.32. The van der Waals surface area contributed by atoms with E-state index in [1.54, 1.807) is 13.3 Å². The Hall–Kier alpha value is -0.605. The maximum atomic E-state index is 10.4. The van der Waals surface area contributed by atoms with Crippen LogP contribution in [-0.4, -0.2) is 38.8 Å². The molecule has 0 amide bonds. The fourth-order valence-corrected chi connectivity index (χ4v) is 1.68. The summed E-state index contributed by atoms with van der Waals surface area (Å²) >= 11 is 0. The highest BCUT2D eigenvalue weighted by atomic mass is 31.2. The normalized spacial score (nSPS) is 17.5. The lowest BCUT2D eigenvalue weighted by Crippen LogP contribution is -2.41. The van der Waals surface area contributed by atoms with E-state index in [0.29, 0.717) is 0 Å². The summed E-state index contributed by atoms with van der Waals surface area (Å²) in [5.41, 5.74) is 2.38. The summed E-state index contributed by atoms with van der Waals surface area (Å²) in [6.45, 7) is 27.7. The molecule has 0 saturated carbocycles. The molecule has 0 aliphatic carbocycles. The van der Waals surface area contributed by atoms with Crippen molar-refractivity contribution in [1.29, 1.82) is 0 Å². The molecule has 0 N–H and O–H groups in total. The second kappa shape index (κ2) is 13.5. The topological polar surface area (TPSA) is 44.8 Å². The van der Waals surface area contributed by atoms with Gasteiger partial charge in [-0.3, -0.25) is 4.57 Å². The Kier molecular flexibility index (Phi) is 15.7. The zero-order valence-electron chi connectivity index (χ0n) is 19.2. The van der Waals surface area contributed by atoms with Crippen molar-refractivity contribution in [2.45, 2.75) is 73.4 Å². The third-order valence-electron chi connectivity index (χ3n) is 3.78. The largest absolute Gasteiger partial charge is 0.454 e. The third-order valence-corrected chi connectivity index (χ3v) is 4.66. The molecule has 4 nitrogen and oxygen atoms in total. The third kappa shape index (κ3) is 15.6. The minimum Gasteiger partial charge on any atom is -0.403 e. The molecule has 1 aliphatic heterocycles. The highest BCUT2D eigenvalue weighted by Gasteiger charge is 2.48. The van der Waals surface area contributed by atoms with Crippen LogP contribution in [0.2, 0.25) is 6.82 Å². The fourth-order valence-electron chi connectivity index (χ4n) is 1.68. The van der Waals surface area contributed by atoms with Crippen LogP contribution in [0.5, 0.6) is 0 Å². The quantitative estimate of drug-likeness (QED) is 0.231. The first-order valence-corrected chi connectivity index (χ1v) is 11.3. The van der Waals surface area contributed by atoms with Crippen molar-refractivity contribution in [3.8, 4) is 0 Å². The van der Waals surface area contributed by atoms with Gasteiger partial charge in [0.05, 0.1) is 11.2 Å². The fraction of sp³-hybridized carbons (Fsp3) is 0.700. The molecule has 0 aromatic heterocycles. The summed E-state index contributed by atoms with van der Waals surface area (Å²) in [6.07, 6.45) is 4.27. The van der Waals surface area contributed by atoms with Gasteiger partial charge in [-0.1, -0.05) is 23.3 Å². The Morgan fingerprint density at radius 1 is 1.04 bits per heavy atom. The molecule has 0 radical (unpaired) electrons. The predicted molar refractivity (Wildman–Crippen MR) is 119 cm³/mol. The van der Waals surface area contributed by atoms with Crippen LogP contribution in [0, 0.1) is 0 Å². The second-order valence-corrected chi connectivity index (χ2v) is 10.4. The maximum Gasteiger partial charge on any atom is 0.454 e. The first kappa shape index (κ1) is 30.1. The maximum absolute atomic E-state index is 10.4. The number of hydrogen-bond donors (Lipinski definition) is 0. The van der Waals surface area contributed by atoms with E-state index in [1.807, 2.05) is 6.82 Å². The molecule has 1 aliphatic rings. The van der Waals surface area contributed by atoms with Crippen molar-refractivity contribution in [3.05, 3.63) is 36.5 Å². The van der Waals surface area contributed by atoms with E-state index < -0.39 is 7.37 Å². The average Bonchev–Trinajstić information content (AvgIpc) is 2.66. The molecule has 1 rings (SSSR count). The van der Waals surface area contributed by atoms with E-state index >= 15 is 0 Å². The van der Waals surface area contributed by atoms with Gasteiger partial charge in [-0.2, -0.15) is 0 Å².